The van der Waals surface area contributed by atoms with Gasteiger partial charge in [0, 0.05) is 23.5 Å². The molecule has 0 amide bonds. The monoisotopic (exact) mass is 381 g/mol. The molecule has 2 heterocycles. The van der Waals surface area contributed by atoms with Gasteiger partial charge in [0.05, 0.1) is 12.0 Å². The molecule has 2 aromatic rings. The Bertz CT molecular complexity index is 880. The number of amidine groups is 1. The Balaban J connectivity index is 1.71. The standard InChI is InChI=1S/C20H23N5O3/c1-11(20(27)28)14-6-7-23-16(8-14)17(26)19-24-9-15(10-25-19)12-2-4-13(5-3-12)18(21)22/h2-5,9-11,14,16,23H,6-8H2,1H3,(H3,21,22)(H,27,28). The molecule has 28 heavy (non-hydrogen) atoms. The van der Waals surface area contributed by atoms with E-state index in [9.17, 15) is 14.7 Å². The molecule has 0 spiro atoms. The number of carbonyl (C=O) groups excluding carboxylic acids is 1. The van der Waals surface area contributed by atoms with Crippen LogP contribution in [0.4, 0.5) is 0 Å². The van der Waals surface area contributed by atoms with E-state index >= 15 is 0 Å². The van der Waals surface area contributed by atoms with Gasteiger partial charge in [-0.15, -0.1) is 0 Å². The quantitative estimate of drug-likeness (QED) is 0.339. The van der Waals surface area contributed by atoms with Crippen LogP contribution in [0, 0.1) is 17.2 Å². The molecule has 1 aromatic heterocycles. The number of carboxylic acids is 1. The summed E-state index contributed by atoms with van der Waals surface area (Å²) >= 11 is 0. The van der Waals surface area contributed by atoms with E-state index < -0.39 is 17.9 Å². The number of piperidine rings is 1. The molecule has 3 atom stereocenters. The molecule has 5 N–H and O–H groups in total. The number of hydrogen-bond acceptors (Lipinski definition) is 6. The Kier molecular flexibility index (Phi) is 5.79. The number of nitrogens with one attached hydrogen (secondary N) is 2. The lowest BCUT2D eigenvalue weighted by molar-refractivity contribution is -0.143. The summed E-state index contributed by atoms with van der Waals surface area (Å²) in [6, 6.07) is 6.65. The van der Waals surface area contributed by atoms with Gasteiger partial charge in [-0.1, -0.05) is 31.2 Å². The van der Waals surface area contributed by atoms with Crippen LogP contribution in [0.1, 0.15) is 35.9 Å². The minimum atomic E-state index is -0.838. The van der Waals surface area contributed by atoms with Crippen molar-refractivity contribution in [2.45, 2.75) is 25.8 Å². The number of benzene rings is 1. The number of carboxylic acid groups (broad SMARTS) is 1. The average molecular weight is 381 g/mol. The van der Waals surface area contributed by atoms with Gasteiger partial charge in [-0.2, -0.15) is 0 Å². The Morgan fingerprint density at radius 2 is 1.86 bits per heavy atom. The fraction of sp³-hybridized carbons (Fsp3) is 0.350. The molecule has 0 aliphatic carbocycles. The van der Waals surface area contributed by atoms with Crippen LogP contribution < -0.4 is 11.1 Å². The molecule has 0 bridgehead atoms. The van der Waals surface area contributed by atoms with Gasteiger partial charge in [0.1, 0.15) is 5.84 Å². The van der Waals surface area contributed by atoms with Gasteiger partial charge in [0.25, 0.3) is 0 Å². The summed E-state index contributed by atoms with van der Waals surface area (Å²) in [4.78, 5) is 32.4. The molecular weight excluding hydrogens is 358 g/mol. The van der Waals surface area contributed by atoms with Crippen LogP contribution in [0.3, 0.4) is 0 Å². The summed E-state index contributed by atoms with van der Waals surface area (Å²) in [6.07, 6.45) is 4.36. The second-order valence-electron chi connectivity index (χ2n) is 7.07. The lowest BCUT2D eigenvalue weighted by Crippen LogP contribution is -2.46. The molecule has 146 valence electrons. The minimum absolute atomic E-state index is 0.000697. The zero-order valence-electron chi connectivity index (χ0n) is 15.6. The maximum absolute atomic E-state index is 12.7. The fourth-order valence-corrected chi connectivity index (χ4v) is 3.40. The van der Waals surface area contributed by atoms with Gasteiger partial charge in [0.2, 0.25) is 5.78 Å². The Morgan fingerprint density at radius 3 is 2.43 bits per heavy atom. The minimum Gasteiger partial charge on any atom is -0.481 e. The first-order chi connectivity index (χ1) is 13.4. The van der Waals surface area contributed by atoms with Gasteiger partial charge in [-0.25, -0.2) is 9.97 Å². The number of hydrogen-bond donors (Lipinski definition) is 4. The van der Waals surface area contributed by atoms with Crippen molar-refractivity contribution in [3.8, 4) is 11.1 Å². The zero-order valence-corrected chi connectivity index (χ0v) is 15.6. The van der Waals surface area contributed by atoms with Crippen LogP contribution in [0.15, 0.2) is 36.7 Å². The highest BCUT2D eigenvalue weighted by atomic mass is 16.4. The Labute approximate surface area is 162 Å². The number of ketones is 1. The van der Waals surface area contributed by atoms with Crippen molar-refractivity contribution in [3.05, 3.63) is 48.0 Å². The molecule has 1 aromatic carbocycles. The number of aliphatic carboxylic acids is 1. The molecule has 1 aliphatic heterocycles. The van der Waals surface area contributed by atoms with Crippen molar-refractivity contribution < 1.29 is 14.7 Å². The number of rotatable bonds is 6. The van der Waals surface area contributed by atoms with Crippen LogP contribution in [0.25, 0.3) is 11.1 Å². The van der Waals surface area contributed by atoms with Crippen molar-refractivity contribution in [2.24, 2.45) is 17.6 Å². The van der Waals surface area contributed by atoms with Gasteiger partial charge in [-0.3, -0.25) is 15.0 Å². The Hall–Kier alpha value is -3.13. The molecule has 8 nitrogen and oxygen atoms in total. The summed E-state index contributed by atoms with van der Waals surface area (Å²) in [5, 5.41) is 19.8. The number of aromatic nitrogens is 2. The van der Waals surface area contributed by atoms with E-state index in [0.29, 0.717) is 18.5 Å². The number of carbonyl (C=O) groups is 2. The van der Waals surface area contributed by atoms with Crippen LogP contribution in [-0.2, 0) is 4.79 Å². The van der Waals surface area contributed by atoms with E-state index in [1.807, 2.05) is 12.1 Å². The van der Waals surface area contributed by atoms with Crippen LogP contribution >= 0.6 is 0 Å². The first-order valence-corrected chi connectivity index (χ1v) is 9.14. The Morgan fingerprint density at radius 1 is 1.21 bits per heavy atom. The fourth-order valence-electron chi connectivity index (χ4n) is 3.40. The number of nitrogens with zero attached hydrogens (tertiary/aromatic N) is 2. The zero-order chi connectivity index (χ0) is 20.3. The molecule has 0 saturated carbocycles. The predicted octanol–water partition coefficient (Wildman–Crippen LogP) is 1.70. The predicted molar refractivity (Wildman–Crippen MR) is 104 cm³/mol. The van der Waals surface area contributed by atoms with Crippen molar-refractivity contribution in [2.75, 3.05) is 6.54 Å². The molecule has 3 rings (SSSR count). The van der Waals surface area contributed by atoms with E-state index in [4.69, 9.17) is 11.1 Å². The average Bonchev–Trinajstić information content (AvgIpc) is 2.73. The second kappa shape index (κ2) is 8.26. The van der Waals surface area contributed by atoms with Gasteiger partial charge >= 0.3 is 5.97 Å². The highest BCUT2D eigenvalue weighted by molar-refractivity contribution is 5.97. The van der Waals surface area contributed by atoms with E-state index in [0.717, 1.165) is 17.5 Å². The number of Topliss-reactive ketones (excluding diaryl/α,β-unsaturated/α-hetero) is 1. The van der Waals surface area contributed by atoms with E-state index in [1.54, 1.807) is 31.5 Å². The van der Waals surface area contributed by atoms with Crippen LogP contribution in [-0.4, -0.2) is 45.2 Å². The summed E-state index contributed by atoms with van der Waals surface area (Å²) in [7, 11) is 0. The maximum Gasteiger partial charge on any atom is 0.306 e. The SMILES string of the molecule is CC(C(=O)O)C1CCNC(C(=O)c2ncc(-c3ccc(C(=N)N)cc3)cn2)C1. The second-order valence-corrected chi connectivity index (χ2v) is 7.07. The van der Waals surface area contributed by atoms with Crippen molar-refractivity contribution >= 4 is 17.6 Å². The number of nitrogen functional groups attached to an aromatic ring is 1. The molecule has 1 aliphatic rings. The normalized spacial score (nSPS) is 20.3. The van der Waals surface area contributed by atoms with E-state index in [-0.39, 0.29) is 23.4 Å². The van der Waals surface area contributed by atoms with Crippen molar-refractivity contribution in [1.29, 1.82) is 5.41 Å². The third-order valence-electron chi connectivity index (χ3n) is 5.26. The van der Waals surface area contributed by atoms with Crippen LogP contribution in [0.5, 0.6) is 0 Å². The summed E-state index contributed by atoms with van der Waals surface area (Å²) < 4.78 is 0. The molecule has 3 unspecified atom stereocenters. The first-order valence-electron chi connectivity index (χ1n) is 9.14. The topological polar surface area (TPSA) is 142 Å². The lowest BCUT2D eigenvalue weighted by atomic mass is 9.82. The molecule has 0 radical (unpaired) electrons. The van der Waals surface area contributed by atoms with Gasteiger partial charge in [-0.05, 0) is 30.9 Å². The largest absolute Gasteiger partial charge is 0.481 e. The smallest absolute Gasteiger partial charge is 0.306 e. The van der Waals surface area contributed by atoms with Crippen LogP contribution in [0.2, 0.25) is 0 Å². The molecule has 1 saturated heterocycles. The van der Waals surface area contributed by atoms with Gasteiger partial charge < -0.3 is 16.2 Å². The summed E-state index contributed by atoms with van der Waals surface area (Å²) in [5.74, 6) is -1.48. The van der Waals surface area contributed by atoms with Crippen molar-refractivity contribution in [3.63, 3.8) is 0 Å². The van der Waals surface area contributed by atoms with Crippen molar-refractivity contribution in [1.82, 2.24) is 15.3 Å². The third-order valence-corrected chi connectivity index (χ3v) is 5.26. The lowest BCUT2D eigenvalue weighted by Gasteiger charge is -2.31. The van der Waals surface area contributed by atoms with Gasteiger partial charge in [0.15, 0.2) is 5.82 Å². The summed E-state index contributed by atoms with van der Waals surface area (Å²) in [5.41, 5.74) is 7.69. The molecule has 8 heteroatoms. The van der Waals surface area contributed by atoms with E-state index in [1.165, 1.54) is 0 Å². The highest BCUT2D eigenvalue weighted by Gasteiger charge is 2.33. The molecule has 1 fully saturated rings. The molecular formula is C20H23N5O3. The van der Waals surface area contributed by atoms with E-state index in [2.05, 4.69) is 15.3 Å². The number of nitrogens with two attached hydrogens (primary N) is 1. The maximum atomic E-state index is 12.7. The highest BCUT2D eigenvalue weighted by Crippen LogP contribution is 2.26. The third kappa shape index (κ3) is 4.23. The summed E-state index contributed by atoms with van der Waals surface area (Å²) in [6.45, 7) is 2.28. The first kappa shape index (κ1) is 19.6.